The van der Waals surface area contributed by atoms with Crippen LogP contribution in [0.4, 0.5) is 0 Å². The van der Waals surface area contributed by atoms with Crippen LogP contribution >= 0.6 is 11.8 Å². The summed E-state index contributed by atoms with van der Waals surface area (Å²) in [4.78, 5) is 15.5. The van der Waals surface area contributed by atoms with E-state index < -0.39 is 5.97 Å². The molecule has 0 radical (unpaired) electrons. The normalized spacial score (nSPS) is 22.0. The Kier molecular flexibility index (Phi) is 3.67. The maximum atomic E-state index is 10.9. The molecule has 0 aliphatic carbocycles. The average Bonchev–Trinajstić information content (AvgIpc) is 3.01. The van der Waals surface area contributed by atoms with E-state index in [1.165, 1.54) is 11.8 Å². The van der Waals surface area contributed by atoms with Crippen molar-refractivity contribution in [1.82, 2.24) is 9.55 Å². The van der Waals surface area contributed by atoms with Gasteiger partial charge < -0.3 is 14.4 Å². The number of hydrogen-bond acceptors (Lipinski definition) is 4. The number of nitrogens with zero attached hydrogens (tertiary/aromatic N) is 2. The molecule has 1 unspecified atom stereocenters. The zero-order chi connectivity index (χ0) is 15.0. The molecule has 1 aliphatic rings. The second kappa shape index (κ2) is 5.35. The second-order valence-corrected chi connectivity index (χ2v) is 6.60. The van der Waals surface area contributed by atoms with Gasteiger partial charge in [-0.25, -0.2) is 4.98 Å². The predicted octanol–water partition coefficient (Wildman–Crippen LogP) is 2.66. The van der Waals surface area contributed by atoms with E-state index >= 15 is 0 Å². The lowest BCUT2D eigenvalue weighted by Gasteiger charge is -2.27. The average molecular weight is 306 g/mol. The summed E-state index contributed by atoms with van der Waals surface area (Å²) in [6.07, 6.45) is 0.910. The molecule has 1 aliphatic heterocycles. The zero-order valence-corrected chi connectivity index (χ0v) is 12.9. The Hall–Kier alpha value is -1.53. The van der Waals surface area contributed by atoms with Crippen molar-refractivity contribution in [1.29, 1.82) is 0 Å². The number of aryl methyl sites for hydroxylation is 1. The largest absolute Gasteiger partial charge is 0.481 e. The van der Waals surface area contributed by atoms with Gasteiger partial charge in [0.05, 0.1) is 28.9 Å². The van der Waals surface area contributed by atoms with E-state index in [0.717, 1.165) is 34.8 Å². The van der Waals surface area contributed by atoms with Crippen molar-refractivity contribution in [2.45, 2.75) is 31.0 Å². The Labute approximate surface area is 127 Å². The first kappa shape index (κ1) is 14.4. The van der Waals surface area contributed by atoms with Crippen molar-refractivity contribution < 1.29 is 14.6 Å². The molecule has 6 heteroatoms. The molecular formula is C15H18N2O3S. The molecule has 1 atom stereocenters. The maximum Gasteiger partial charge on any atom is 0.313 e. The number of aliphatic carboxylic acids is 1. The van der Waals surface area contributed by atoms with E-state index in [4.69, 9.17) is 9.84 Å². The monoisotopic (exact) mass is 306 g/mol. The number of fused-ring (bicyclic) bond motifs is 1. The van der Waals surface area contributed by atoms with Crippen LogP contribution in [-0.4, -0.2) is 39.6 Å². The second-order valence-electron chi connectivity index (χ2n) is 5.65. The molecular weight excluding hydrogens is 288 g/mol. The van der Waals surface area contributed by atoms with Crippen LogP contribution in [0.3, 0.4) is 0 Å². The van der Waals surface area contributed by atoms with E-state index in [0.29, 0.717) is 6.61 Å². The molecule has 0 spiro atoms. The highest BCUT2D eigenvalue weighted by molar-refractivity contribution is 7.99. The van der Waals surface area contributed by atoms with Gasteiger partial charge in [0.2, 0.25) is 0 Å². The van der Waals surface area contributed by atoms with Gasteiger partial charge in [0.25, 0.3) is 0 Å². The number of para-hydroxylation sites is 1. The van der Waals surface area contributed by atoms with Crippen molar-refractivity contribution in [3.8, 4) is 0 Å². The Morgan fingerprint density at radius 2 is 2.38 bits per heavy atom. The number of imidazole rings is 1. The van der Waals surface area contributed by atoms with Crippen molar-refractivity contribution in [2.24, 2.45) is 0 Å². The van der Waals surface area contributed by atoms with Crippen LogP contribution in [0.1, 0.15) is 18.9 Å². The molecule has 1 aromatic heterocycles. The number of hydrogen-bond donors (Lipinski definition) is 1. The van der Waals surface area contributed by atoms with Crippen molar-refractivity contribution in [3.63, 3.8) is 0 Å². The number of rotatable bonds is 4. The van der Waals surface area contributed by atoms with Gasteiger partial charge in [0.1, 0.15) is 0 Å². The standard InChI is InChI=1S/C15H18N2O3S/c1-10-4-3-5-11-13(10)17(15(2)6-7-20-9-15)14(16-11)21-8-12(18)19/h3-5H,6-9H2,1-2H3,(H,18,19). The van der Waals surface area contributed by atoms with Crippen LogP contribution in [0, 0.1) is 6.92 Å². The fourth-order valence-electron chi connectivity index (χ4n) is 2.83. The molecule has 2 heterocycles. The summed E-state index contributed by atoms with van der Waals surface area (Å²) in [5, 5.41) is 9.70. The summed E-state index contributed by atoms with van der Waals surface area (Å²) < 4.78 is 7.76. The predicted molar refractivity (Wildman–Crippen MR) is 81.9 cm³/mol. The summed E-state index contributed by atoms with van der Waals surface area (Å²) in [7, 11) is 0. The summed E-state index contributed by atoms with van der Waals surface area (Å²) in [5.41, 5.74) is 2.98. The van der Waals surface area contributed by atoms with E-state index in [1.807, 2.05) is 12.1 Å². The van der Waals surface area contributed by atoms with E-state index in [1.54, 1.807) is 0 Å². The molecule has 0 saturated carbocycles. The molecule has 5 nitrogen and oxygen atoms in total. The Balaban J connectivity index is 2.17. The first-order valence-electron chi connectivity index (χ1n) is 6.92. The summed E-state index contributed by atoms with van der Waals surface area (Å²) >= 11 is 1.27. The smallest absolute Gasteiger partial charge is 0.313 e. The van der Waals surface area contributed by atoms with Crippen LogP contribution in [-0.2, 0) is 15.1 Å². The fourth-order valence-corrected chi connectivity index (χ4v) is 3.69. The molecule has 1 aromatic carbocycles. The minimum Gasteiger partial charge on any atom is -0.481 e. The van der Waals surface area contributed by atoms with Crippen molar-refractivity contribution in [2.75, 3.05) is 19.0 Å². The number of carbonyl (C=O) groups is 1. The van der Waals surface area contributed by atoms with Crippen LogP contribution in [0.25, 0.3) is 11.0 Å². The number of thioether (sulfide) groups is 1. The molecule has 1 saturated heterocycles. The SMILES string of the molecule is Cc1cccc2nc(SCC(=O)O)n(C3(C)CCOC3)c12. The Morgan fingerprint density at radius 3 is 3.05 bits per heavy atom. The number of carboxylic acid groups (broad SMARTS) is 1. The van der Waals surface area contributed by atoms with Gasteiger partial charge in [-0.2, -0.15) is 0 Å². The van der Waals surface area contributed by atoms with Gasteiger partial charge >= 0.3 is 5.97 Å². The van der Waals surface area contributed by atoms with Crippen molar-refractivity contribution in [3.05, 3.63) is 23.8 Å². The lowest BCUT2D eigenvalue weighted by atomic mass is 10.0. The van der Waals surface area contributed by atoms with Gasteiger partial charge in [-0.3, -0.25) is 4.79 Å². The molecule has 21 heavy (non-hydrogen) atoms. The van der Waals surface area contributed by atoms with Crippen LogP contribution in [0.15, 0.2) is 23.4 Å². The molecule has 1 N–H and O–H groups in total. The molecule has 2 aromatic rings. The van der Waals surface area contributed by atoms with Gasteiger partial charge in [-0.15, -0.1) is 0 Å². The quantitative estimate of drug-likeness (QED) is 0.880. The Bertz CT molecular complexity index is 690. The van der Waals surface area contributed by atoms with Gasteiger partial charge in [0, 0.05) is 6.61 Å². The van der Waals surface area contributed by atoms with Gasteiger partial charge in [0.15, 0.2) is 5.16 Å². The maximum absolute atomic E-state index is 10.9. The highest BCUT2D eigenvalue weighted by atomic mass is 32.2. The lowest BCUT2D eigenvalue weighted by molar-refractivity contribution is -0.133. The van der Waals surface area contributed by atoms with Gasteiger partial charge in [-0.05, 0) is 31.9 Å². The third kappa shape index (κ3) is 2.53. The first-order chi connectivity index (χ1) is 10.0. The third-order valence-electron chi connectivity index (χ3n) is 3.91. The summed E-state index contributed by atoms with van der Waals surface area (Å²) in [6, 6.07) is 6.02. The highest BCUT2D eigenvalue weighted by Gasteiger charge is 2.35. The molecule has 3 rings (SSSR count). The third-order valence-corrected chi connectivity index (χ3v) is 4.83. The van der Waals surface area contributed by atoms with Crippen molar-refractivity contribution >= 4 is 28.8 Å². The number of benzene rings is 1. The summed E-state index contributed by atoms with van der Waals surface area (Å²) in [6.45, 7) is 5.57. The zero-order valence-electron chi connectivity index (χ0n) is 12.1. The molecule has 0 amide bonds. The van der Waals surface area contributed by atoms with Crippen LogP contribution < -0.4 is 0 Å². The topological polar surface area (TPSA) is 64.3 Å². The van der Waals surface area contributed by atoms with Gasteiger partial charge in [-0.1, -0.05) is 23.9 Å². The highest BCUT2D eigenvalue weighted by Crippen LogP contribution is 2.36. The lowest BCUT2D eigenvalue weighted by Crippen LogP contribution is -2.31. The van der Waals surface area contributed by atoms with Crippen LogP contribution in [0.5, 0.6) is 0 Å². The number of carboxylic acids is 1. The van der Waals surface area contributed by atoms with E-state index in [-0.39, 0.29) is 11.3 Å². The molecule has 1 fully saturated rings. The minimum atomic E-state index is -0.830. The fraction of sp³-hybridized carbons (Fsp3) is 0.467. The van der Waals surface area contributed by atoms with Crippen LogP contribution in [0.2, 0.25) is 0 Å². The minimum absolute atomic E-state index is 0.0132. The summed E-state index contributed by atoms with van der Waals surface area (Å²) in [5.74, 6) is -0.817. The molecule has 112 valence electrons. The van der Waals surface area contributed by atoms with E-state index in [2.05, 4.69) is 29.5 Å². The Morgan fingerprint density at radius 1 is 1.57 bits per heavy atom. The number of aromatic nitrogens is 2. The number of ether oxygens (including phenoxy) is 1. The first-order valence-corrected chi connectivity index (χ1v) is 7.91. The van der Waals surface area contributed by atoms with E-state index in [9.17, 15) is 4.79 Å². The molecule has 0 bridgehead atoms.